The summed E-state index contributed by atoms with van der Waals surface area (Å²) in [6.07, 6.45) is 5.69. The molecule has 0 saturated heterocycles. The molecule has 5 heteroatoms. The Morgan fingerprint density at radius 3 is 2.58 bits per heavy atom. The number of para-hydroxylation sites is 1. The second kappa shape index (κ2) is 7.68. The smallest absolute Gasteiger partial charge is 0.265 e. The van der Waals surface area contributed by atoms with Gasteiger partial charge < -0.3 is 19.1 Å². The molecule has 0 bridgehead atoms. The third kappa shape index (κ3) is 3.62. The molecule has 136 valence electrons. The van der Waals surface area contributed by atoms with Gasteiger partial charge in [-0.15, -0.1) is 0 Å². The standard InChI is InChI=1S/C21H23NO4/c23-21(14-24-18-11-12-19-20(13-18)26-15-25-19)22(16-7-3-1-4-8-16)17-9-5-2-6-10-17/h1,3-4,7-8,11-13,17H,2,5-6,9-10,14-15H2. The summed E-state index contributed by atoms with van der Waals surface area (Å²) >= 11 is 0. The fraction of sp³-hybridized carbons (Fsp3) is 0.381. The van der Waals surface area contributed by atoms with Crippen molar-refractivity contribution in [3.05, 3.63) is 48.5 Å². The Bertz CT molecular complexity index is 756. The number of amides is 1. The predicted octanol–water partition coefficient (Wildman–Crippen LogP) is 4.16. The molecule has 1 heterocycles. The lowest BCUT2D eigenvalue weighted by molar-refractivity contribution is -0.121. The molecule has 1 saturated carbocycles. The number of carbonyl (C=O) groups is 1. The summed E-state index contributed by atoms with van der Waals surface area (Å²) in [6.45, 7) is 0.228. The molecule has 5 nitrogen and oxygen atoms in total. The van der Waals surface area contributed by atoms with E-state index in [-0.39, 0.29) is 25.3 Å². The van der Waals surface area contributed by atoms with Crippen LogP contribution >= 0.6 is 0 Å². The summed E-state index contributed by atoms with van der Waals surface area (Å²) in [5, 5.41) is 0. The summed E-state index contributed by atoms with van der Waals surface area (Å²) in [4.78, 5) is 14.9. The molecular formula is C21H23NO4. The van der Waals surface area contributed by atoms with Gasteiger partial charge >= 0.3 is 0 Å². The molecule has 26 heavy (non-hydrogen) atoms. The second-order valence-corrected chi connectivity index (χ2v) is 6.69. The van der Waals surface area contributed by atoms with E-state index in [1.54, 1.807) is 18.2 Å². The molecular weight excluding hydrogens is 330 g/mol. The van der Waals surface area contributed by atoms with Gasteiger partial charge in [0.05, 0.1) is 0 Å². The average molecular weight is 353 g/mol. The van der Waals surface area contributed by atoms with Crippen LogP contribution in [-0.4, -0.2) is 25.3 Å². The summed E-state index contributed by atoms with van der Waals surface area (Å²) in [7, 11) is 0. The minimum absolute atomic E-state index is 0.00500. The van der Waals surface area contributed by atoms with Crippen molar-refractivity contribution in [2.24, 2.45) is 0 Å². The van der Waals surface area contributed by atoms with E-state index in [2.05, 4.69) is 0 Å². The molecule has 2 aliphatic rings. The zero-order valence-electron chi connectivity index (χ0n) is 14.7. The number of rotatable bonds is 5. The molecule has 0 unspecified atom stereocenters. The largest absolute Gasteiger partial charge is 0.484 e. The number of nitrogens with zero attached hydrogens (tertiary/aromatic N) is 1. The summed E-state index contributed by atoms with van der Waals surface area (Å²) < 4.78 is 16.4. The lowest BCUT2D eigenvalue weighted by atomic mass is 9.93. The number of benzene rings is 2. The van der Waals surface area contributed by atoms with Gasteiger partial charge in [-0.1, -0.05) is 37.5 Å². The van der Waals surface area contributed by atoms with Gasteiger partial charge in [0.15, 0.2) is 18.1 Å². The molecule has 0 N–H and O–H groups in total. The van der Waals surface area contributed by atoms with Crippen molar-refractivity contribution < 1.29 is 19.0 Å². The lowest BCUT2D eigenvalue weighted by Crippen LogP contribution is -2.44. The molecule has 1 aliphatic carbocycles. The fourth-order valence-electron chi connectivity index (χ4n) is 3.67. The first kappa shape index (κ1) is 16.8. The van der Waals surface area contributed by atoms with Gasteiger partial charge in [0.2, 0.25) is 6.79 Å². The van der Waals surface area contributed by atoms with Crippen molar-refractivity contribution in [1.82, 2.24) is 0 Å². The molecule has 1 fully saturated rings. The van der Waals surface area contributed by atoms with Crippen LogP contribution in [0.2, 0.25) is 0 Å². The third-order valence-corrected chi connectivity index (χ3v) is 4.95. The van der Waals surface area contributed by atoms with Crippen molar-refractivity contribution in [3.8, 4) is 17.2 Å². The minimum atomic E-state index is -0.0132. The molecule has 1 aliphatic heterocycles. The Balaban J connectivity index is 1.47. The maximum Gasteiger partial charge on any atom is 0.265 e. The number of anilines is 1. The summed E-state index contributed by atoms with van der Waals surface area (Å²) in [5.41, 5.74) is 0.943. The zero-order valence-corrected chi connectivity index (χ0v) is 14.7. The lowest BCUT2D eigenvalue weighted by Gasteiger charge is -2.34. The highest BCUT2D eigenvalue weighted by Crippen LogP contribution is 2.35. The van der Waals surface area contributed by atoms with Crippen LogP contribution in [0.15, 0.2) is 48.5 Å². The first-order valence-corrected chi connectivity index (χ1v) is 9.21. The van der Waals surface area contributed by atoms with Gasteiger partial charge in [0, 0.05) is 17.8 Å². The van der Waals surface area contributed by atoms with E-state index in [1.807, 2.05) is 35.2 Å². The Morgan fingerprint density at radius 2 is 1.77 bits per heavy atom. The molecule has 2 aromatic carbocycles. The zero-order chi connectivity index (χ0) is 17.8. The van der Waals surface area contributed by atoms with E-state index in [4.69, 9.17) is 14.2 Å². The van der Waals surface area contributed by atoms with Crippen LogP contribution in [0.25, 0.3) is 0 Å². The van der Waals surface area contributed by atoms with Crippen LogP contribution in [0.1, 0.15) is 32.1 Å². The number of ether oxygens (including phenoxy) is 3. The van der Waals surface area contributed by atoms with Crippen LogP contribution in [0, 0.1) is 0 Å². The van der Waals surface area contributed by atoms with Gasteiger partial charge in [0.25, 0.3) is 5.91 Å². The van der Waals surface area contributed by atoms with E-state index in [1.165, 1.54) is 19.3 Å². The molecule has 4 rings (SSSR count). The summed E-state index contributed by atoms with van der Waals surface area (Å²) in [6, 6.07) is 15.5. The number of carbonyl (C=O) groups excluding carboxylic acids is 1. The van der Waals surface area contributed by atoms with Gasteiger partial charge in [-0.25, -0.2) is 0 Å². The van der Waals surface area contributed by atoms with E-state index >= 15 is 0 Å². The van der Waals surface area contributed by atoms with Crippen molar-refractivity contribution in [2.45, 2.75) is 38.1 Å². The second-order valence-electron chi connectivity index (χ2n) is 6.69. The van der Waals surface area contributed by atoms with Crippen LogP contribution < -0.4 is 19.1 Å². The average Bonchev–Trinajstić information content (AvgIpc) is 3.16. The van der Waals surface area contributed by atoms with Crippen LogP contribution in [0.5, 0.6) is 17.2 Å². The molecule has 0 aromatic heterocycles. The maximum absolute atomic E-state index is 13.0. The van der Waals surface area contributed by atoms with Crippen LogP contribution in [0.4, 0.5) is 5.69 Å². The van der Waals surface area contributed by atoms with Crippen molar-refractivity contribution in [2.75, 3.05) is 18.3 Å². The van der Waals surface area contributed by atoms with Crippen LogP contribution in [0.3, 0.4) is 0 Å². The molecule has 2 aromatic rings. The normalized spacial score (nSPS) is 16.3. The highest BCUT2D eigenvalue weighted by atomic mass is 16.7. The number of hydrogen-bond donors (Lipinski definition) is 0. The van der Waals surface area contributed by atoms with E-state index < -0.39 is 0 Å². The quantitative estimate of drug-likeness (QED) is 0.810. The Hall–Kier alpha value is -2.69. The minimum Gasteiger partial charge on any atom is -0.484 e. The summed E-state index contributed by atoms with van der Waals surface area (Å²) in [5.74, 6) is 1.96. The van der Waals surface area contributed by atoms with Gasteiger partial charge in [-0.05, 0) is 37.1 Å². The van der Waals surface area contributed by atoms with Crippen molar-refractivity contribution >= 4 is 11.6 Å². The van der Waals surface area contributed by atoms with Crippen LogP contribution in [-0.2, 0) is 4.79 Å². The molecule has 0 atom stereocenters. The van der Waals surface area contributed by atoms with E-state index in [9.17, 15) is 4.79 Å². The highest BCUT2D eigenvalue weighted by Gasteiger charge is 2.27. The number of fused-ring (bicyclic) bond motifs is 1. The van der Waals surface area contributed by atoms with Gasteiger partial charge in [-0.2, -0.15) is 0 Å². The molecule has 0 spiro atoms. The van der Waals surface area contributed by atoms with Gasteiger partial charge in [-0.3, -0.25) is 4.79 Å². The monoisotopic (exact) mass is 353 g/mol. The SMILES string of the molecule is O=C(COc1ccc2c(c1)OCO2)N(c1ccccc1)C1CCCCC1. The molecule has 0 radical (unpaired) electrons. The maximum atomic E-state index is 13.0. The first-order valence-electron chi connectivity index (χ1n) is 9.21. The first-order chi connectivity index (χ1) is 12.8. The van der Waals surface area contributed by atoms with Gasteiger partial charge in [0.1, 0.15) is 5.75 Å². The third-order valence-electron chi connectivity index (χ3n) is 4.95. The Labute approximate surface area is 153 Å². The fourth-order valence-corrected chi connectivity index (χ4v) is 3.67. The van der Waals surface area contributed by atoms with Crippen molar-refractivity contribution in [3.63, 3.8) is 0 Å². The van der Waals surface area contributed by atoms with E-state index in [0.717, 1.165) is 18.5 Å². The number of hydrogen-bond acceptors (Lipinski definition) is 4. The van der Waals surface area contributed by atoms with E-state index in [0.29, 0.717) is 17.2 Å². The topological polar surface area (TPSA) is 48.0 Å². The predicted molar refractivity (Wildman–Crippen MR) is 98.9 cm³/mol. The highest BCUT2D eigenvalue weighted by molar-refractivity contribution is 5.95. The molecule has 1 amide bonds. The Kier molecular flexibility index (Phi) is 4.95. The van der Waals surface area contributed by atoms with Crippen molar-refractivity contribution in [1.29, 1.82) is 0 Å². The Morgan fingerprint density at radius 1 is 1.00 bits per heavy atom.